The molecule has 0 unspecified atom stereocenters. The lowest BCUT2D eigenvalue weighted by molar-refractivity contribution is -0.141. The maximum absolute atomic E-state index is 12.8. The molecule has 164 valence electrons. The summed E-state index contributed by atoms with van der Waals surface area (Å²) >= 11 is 0. The standard InChI is InChI=1S/C24H22N2O6/c1-3-12-31-24(30)17-6-4-16(5-7-17)21-9-8-18(32-21)13-19-15(2)20(14-25)23(29)26(10-11-27)22(19)28/h4-9,13,27H,3,10-12H2,1-2H3/b19-13+. The van der Waals surface area contributed by atoms with E-state index in [0.29, 0.717) is 23.7 Å². The zero-order valence-corrected chi connectivity index (χ0v) is 17.8. The van der Waals surface area contributed by atoms with Gasteiger partial charge < -0.3 is 14.3 Å². The fourth-order valence-electron chi connectivity index (χ4n) is 3.21. The number of benzene rings is 1. The van der Waals surface area contributed by atoms with E-state index in [-0.39, 0.29) is 23.3 Å². The van der Waals surface area contributed by atoms with Gasteiger partial charge in [-0.25, -0.2) is 4.79 Å². The van der Waals surface area contributed by atoms with Crippen molar-refractivity contribution in [1.29, 1.82) is 5.26 Å². The van der Waals surface area contributed by atoms with E-state index in [9.17, 15) is 19.6 Å². The van der Waals surface area contributed by atoms with Crippen molar-refractivity contribution in [3.05, 3.63) is 64.4 Å². The van der Waals surface area contributed by atoms with Crippen LogP contribution in [0.4, 0.5) is 0 Å². The van der Waals surface area contributed by atoms with Crippen molar-refractivity contribution in [3.8, 4) is 17.4 Å². The lowest BCUT2D eigenvalue weighted by atomic mass is 9.95. The van der Waals surface area contributed by atoms with E-state index < -0.39 is 24.4 Å². The molecule has 0 spiro atoms. The quantitative estimate of drug-likeness (QED) is 0.404. The number of β-amino-alcohol motifs (C(OH)–C–C–N with tert-alkyl or cyclic N) is 1. The van der Waals surface area contributed by atoms with Gasteiger partial charge in [-0.1, -0.05) is 19.1 Å². The summed E-state index contributed by atoms with van der Waals surface area (Å²) < 4.78 is 10.9. The van der Waals surface area contributed by atoms with E-state index in [1.807, 2.05) is 13.0 Å². The molecule has 8 nitrogen and oxygen atoms in total. The molecule has 0 saturated carbocycles. The molecule has 1 aliphatic heterocycles. The number of aliphatic hydroxyl groups is 1. The van der Waals surface area contributed by atoms with E-state index in [2.05, 4.69) is 0 Å². The van der Waals surface area contributed by atoms with Crippen LogP contribution in [0.3, 0.4) is 0 Å². The number of nitrogens with zero attached hydrogens (tertiary/aromatic N) is 2. The largest absolute Gasteiger partial charge is 0.462 e. The Hall–Kier alpha value is -3.96. The fraction of sp³-hybridized carbons (Fsp3) is 0.250. The Bertz CT molecular complexity index is 1150. The molecule has 0 radical (unpaired) electrons. The van der Waals surface area contributed by atoms with Gasteiger partial charge in [0.05, 0.1) is 25.3 Å². The van der Waals surface area contributed by atoms with Crippen LogP contribution in [0.2, 0.25) is 0 Å². The minimum atomic E-state index is -0.723. The van der Waals surface area contributed by atoms with Crippen molar-refractivity contribution in [3.63, 3.8) is 0 Å². The molecule has 0 fully saturated rings. The number of esters is 1. The van der Waals surface area contributed by atoms with Gasteiger partial charge in [0.1, 0.15) is 23.2 Å². The number of nitriles is 1. The minimum Gasteiger partial charge on any atom is -0.462 e. The molecular formula is C24H22N2O6. The molecule has 0 atom stereocenters. The third-order valence-corrected chi connectivity index (χ3v) is 4.90. The number of hydrogen-bond acceptors (Lipinski definition) is 7. The van der Waals surface area contributed by atoms with Crippen molar-refractivity contribution >= 4 is 23.9 Å². The Kier molecular flexibility index (Phi) is 7.03. The first kappa shape index (κ1) is 22.7. The Labute approximate surface area is 185 Å². The summed E-state index contributed by atoms with van der Waals surface area (Å²) in [5.74, 6) is -0.854. The average molecular weight is 434 g/mol. The lowest BCUT2D eigenvalue weighted by Gasteiger charge is -2.26. The van der Waals surface area contributed by atoms with E-state index >= 15 is 0 Å². The van der Waals surface area contributed by atoms with Crippen LogP contribution < -0.4 is 0 Å². The zero-order valence-electron chi connectivity index (χ0n) is 17.8. The first-order chi connectivity index (χ1) is 15.4. The average Bonchev–Trinajstić information content (AvgIpc) is 3.27. The van der Waals surface area contributed by atoms with Crippen LogP contribution in [0.15, 0.2) is 57.5 Å². The highest BCUT2D eigenvalue weighted by Gasteiger charge is 2.35. The van der Waals surface area contributed by atoms with Crippen LogP contribution >= 0.6 is 0 Å². The summed E-state index contributed by atoms with van der Waals surface area (Å²) in [6.45, 7) is 3.19. The molecule has 0 aliphatic carbocycles. The SMILES string of the molecule is CCCOC(=O)c1ccc(-c2ccc(/C=C3/C(=O)N(CCO)C(=O)C(C#N)=C3C)o2)cc1. The maximum Gasteiger partial charge on any atom is 0.338 e. The summed E-state index contributed by atoms with van der Waals surface area (Å²) in [5.41, 5.74) is 1.40. The third-order valence-electron chi connectivity index (χ3n) is 4.90. The maximum atomic E-state index is 12.8. The number of ether oxygens (including phenoxy) is 1. The Morgan fingerprint density at radius 3 is 2.53 bits per heavy atom. The smallest absolute Gasteiger partial charge is 0.338 e. The second-order valence-corrected chi connectivity index (χ2v) is 7.07. The van der Waals surface area contributed by atoms with Gasteiger partial charge >= 0.3 is 5.97 Å². The summed E-state index contributed by atoms with van der Waals surface area (Å²) in [6, 6.07) is 11.9. The number of hydrogen-bond donors (Lipinski definition) is 1. The van der Waals surface area contributed by atoms with Gasteiger partial charge in [0, 0.05) is 11.1 Å². The van der Waals surface area contributed by atoms with Crippen molar-refractivity contribution in [2.24, 2.45) is 0 Å². The second kappa shape index (κ2) is 9.90. The van der Waals surface area contributed by atoms with Crippen molar-refractivity contribution in [2.75, 3.05) is 19.8 Å². The summed E-state index contributed by atoms with van der Waals surface area (Å²) in [7, 11) is 0. The molecule has 32 heavy (non-hydrogen) atoms. The molecule has 2 amide bonds. The molecular weight excluding hydrogens is 412 g/mol. The number of furan rings is 1. The number of carbonyl (C=O) groups is 3. The molecule has 0 bridgehead atoms. The highest BCUT2D eigenvalue weighted by atomic mass is 16.5. The van der Waals surface area contributed by atoms with Crippen molar-refractivity contribution in [2.45, 2.75) is 20.3 Å². The lowest BCUT2D eigenvalue weighted by Crippen LogP contribution is -2.44. The molecule has 1 aliphatic rings. The summed E-state index contributed by atoms with van der Waals surface area (Å²) in [5, 5.41) is 18.5. The van der Waals surface area contributed by atoms with Crippen LogP contribution in [-0.2, 0) is 14.3 Å². The van der Waals surface area contributed by atoms with Crippen LogP contribution in [0.1, 0.15) is 36.4 Å². The Morgan fingerprint density at radius 2 is 1.91 bits per heavy atom. The molecule has 1 aromatic carbocycles. The van der Waals surface area contributed by atoms with Crippen LogP contribution in [-0.4, -0.2) is 47.5 Å². The van der Waals surface area contributed by atoms with Crippen molar-refractivity contribution in [1.82, 2.24) is 4.90 Å². The van der Waals surface area contributed by atoms with E-state index in [0.717, 1.165) is 16.9 Å². The predicted octanol–water partition coefficient (Wildman–Crippen LogP) is 3.10. The summed E-state index contributed by atoms with van der Waals surface area (Å²) in [4.78, 5) is 37.8. The van der Waals surface area contributed by atoms with Gasteiger partial charge in [-0.05, 0) is 49.3 Å². The highest BCUT2D eigenvalue weighted by Crippen LogP contribution is 2.29. The van der Waals surface area contributed by atoms with Gasteiger partial charge in [0.2, 0.25) is 0 Å². The minimum absolute atomic E-state index is 0.143. The topological polar surface area (TPSA) is 121 Å². The first-order valence-electron chi connectivity index (χ1n) is 10.1. The van der Waals surface area contributed by atoms with Gasteiger partial charge in [-0.2, -0.15) is 5.26 Å². The molecule has 1 N–H and O–H groups in total. The normalized spacial score (nSPS) is 15.3. The first-order valence-corrected chi connectivity index (χ1v) is 10.1. The van der Waals surface area contributed by atoms with Crippen LogP contribution in [0, 0.1) is 11.3 Å². The van der Waals surface area contributed by atoms with Crippen LogP contribution in [0.25, 0.3) is 17.4 Å². The van der Waals surface area contributed by atoms with Gasteiger partial charge in [0.25, 0.3) is 11.8 Å². The highest BCUT2D eigenvalue weighted by molar-refractivity contribution is 6.19. The Morgan fingerprint density at radius 1 is 1.19 bits per heavy atom. The van der Waals surface area contributed by atoms with E-state index in [4.69, 9.17) is 14.3 Å². The monoisotopic (exact) mass is 434 g/mol. The fourth-order valence-corrected chi connectivity index (χ4v) is 3.21. The third kappa shape index (κ3) is 4.53. The molecule has 2 heterocycles. The number of imide groups is 1. The molecule has 2 aromatic rings. The van der Waals surface area contributed by atoms with Gasteiger partial charge in [-0.15, -0.1) is 0 Å². The number of aliphatic hydroxyl groups excluding tert-OH is 1. The molecule has 3 rings (SSSR count). The van der Waals surface area contributed by atoms with E-state index in [1.54, 1.807) is 36.4 Å². The van der Waals surface area contributed by atoms with Crippen LogP contribution in [0.5, 0.6) is 0 Å². The van der Waals surface area contributed by atoms with Crippen molar-refractivity contribution < 1.29 is 28.6 Å². The number of carbonyl (C=O) groups excluding carboxylic acids is 3. The summed E-state index contributed by atoms with van der Waals surface area (Å²) in [6.07, 6.45) is 2.21. The second-order valence-electron chi connectivity index (χ2n) is 7.07. The predicted molar refractivity (Wildman–Crippen MR) is 115 cm³/mol. The Balaban J connectivity index is 1.88. The van der Waals surface area contributed by atoms with E-state index in [1.165, 1.54) is 13.0 Å². The van der Waals surface area contributed by atoms with Gasteiger partial charge in [-0.3, -0.25) is 14.5 Å². The zero-order chi connectivity index (χ0) is 23.3. The molecule has 8 heteroatoms. The molecule has 1 aromatic heterocycles. The van der Waals surface area contributed by atoms with Gasteiger partial charge in [0.15, 0.2) is 0 Å². The number of amides is 2. The molecule has 0 saturated heterocycles. The number of rotatable bonds is 7.